The molecule has 0 radical (unpaired) electrons. The molecule has 2 heterocycles. The molecule has 0 bridgehead atoms. The Morgan fingerprint density at radius 3 is 2.54 bits per heavy atom. The molecule has 1 saturated heterocycles. The highest BCUT2D eigenvalue weighted by Crippen LogP contribution is 2.47. The number of carbonyl (C=O) groups is 3. The number of methoxy groups -OCH3 is 1. The maximum absolute atomic E-state index is 13.3. The Morgan fingerprint density at radius 1 is 1.22 bits per heavy atom. The molecule has 2 aliphatic heterocycles. The average molecular weight is 592 g/mol. The van der Waals surface area contributed by atoms with E-state index in [9.17, 15) is 24.5 Å². The minimum atomic E-state index is -1.66. The molecular weight excluding hydrogens is 570 g/mol. The van der Waals surface area contributed by atoms with E-state index < -0.39 is 33.8 Å². The molecule has 1 unspecified atom stereocenters. The van der Waals surface area contributed by atoms with Crippen molar-refractivity contribution < 1.29 is 33.5 Å². The molecule has 0 saturated carbocycles. The summed E-state index contributed by atoms with van der Waals surface area (Å²) >= 11 is 4.70. The highest BCUT2D eigenvalue weighted by molar-refractivity contribution is 9.09. The van der Waals surface area contributed by atoms with Crippen LogP contribution in [0.5, 0.6) is 5.75 Å². The first kappa shape index (κ1) is 26.6. The van der Waals surface area contributed by atoms with Gasteiger partial charge in [0.2, 0.25) is 0 Å². The largest absolute Gasteiger partial charge is 0.484 e. The number of ether oxygens (including phenoxy) is 3. The Hall–Kier alpha value is -3.42. The van der Waals surface area contributed by atoms with Crippen molar-refractivity contribution in [3.8, 4) is 5.75 Å². The van der Waals surface area contributed by atoms with Crippen LogP contribution in [0.1, 0.15) is 5.56 Å². The van der Waals surface area contributed by atoms with Gasteiger partial charge in [-0.3, -0.25) is 24.6 Å². The van der Waals surface area contributed by atoms with Gasteiger partial charge in [0, 0.05) is 30.3 Å². The molecule has 2 aromatic carbocycles. The highest BCUT2D eigenvalue weighted by Gasteiger charge is 2.66. The number of halogens is 1. The molecule has 0 aromatic heterocycles. The first-order valence-electron chi connectivity index (χ1n) is 11.0. The third kappa shape index (κ3) is 5.33. The van der Waals surface area contributed by atoms with Crippen molar-refractivity contribution in [2.24, 2.45) is 0 Å². The summed E-state index contributed by atoms with van der Waals surface area (Å²) in [7, 11) is 1.31. The Balaban J connectivity index is 1.44. The van der Waals surface area contributed by atoms with E-state index in [-0.39, 0.29) is 24.6 Å². The number of nitrogens with zero attached hydrogens (tertiary/aromatic N) is 2. The minimum Gasteiger partial charge on any atom is -0.484 e. The molecule has 1 fully saturated rings. The van der Waals surface area contributed by atoms with E-state index in [0.29, 0.717) is 28.0 Å². The van der Waals surface area contributed by atoms with E-state index in [2.05, 4.69) is 21.2 Å². The van der Waals surface area contributed by atoms with E-state index >= 15 is 0 Å². The van der Waals surface area contributed by atoms with Crippen LogP contribution in [0.3, 0.4) is 0 Å². The van der Waals surface area contributed by atoms with Gasteiger partial charge in [0.25, 0.3) is 23.2 Å². The van der Waals surface area contributed by atoms with Gasteiger partial charge in [-0.25, -0.2) is 4.79 Å². The van der Waals surface area contributed by atoms with E-state index in [4.69, 9.17) is 14.2 Å². The summed E-state index contributed by atoms with van der Waals surface area (Å²) in [5.41, 5.74) is -0.469. The number of carbonyl (C=O) groups excluding carboxylic acids is 3. The molecule has 2 aliphatic rings. The van der Waals surface area contributed by atoms with Crippen LogP contribution < -0.4 is 10.1 Å². The smallest absolute Gasteiger partial charge is 0.355 e. The van der Waals surface area contributed by atoms with Gasteiger partial charge in [-0.2, -0.15) is 0 Å². The van der Waals surface area contributed by atoms with Crippen LogP contribution in [0.15, 0.2) is 65.9 Å². The van der Waals surface area contributed by atoms with Crippen molar-refractivity contribution in [1.29, 1.82) is 0 Å². The van der Waals surface area contributed by atoms with Gasteiger partial charge in [-0.15, -0.1) is 11.8 Å². The zero-order valence-electron chi connectivity index (χ0n) is 19.5. The van der Waals surface area contributed by atoms with E-state index in [1.807, 2.05) is 6.07 Å². The van der Waals surface area contributed by atoms with Crippen molar-refractivity contribution in [3.05, 3.63) is 81.5 Å². The normalized spacial score (nSPS) is 20.5. The number of hydrogen-bond acceptors (Lipinski definition) is 9. The van der Waals surface area contributed by atoms with Gasteiger partial charge < -0.3 is 19.5 Å². The Bertz CT molecular complexity index is 1240. The zero-order chi connectivity index (χ0) is 26.6. The number of esters is 1. The second kappa shape index (κ2) is 11.3. The van der Waals surface area contributed by atoms with Crippen LogP contribution >= 0.6 is 27.7 Å². The quantitative estimate of drug-likeness (QED) is 0.110. The average Bonchev–Trinajstić information content (AvgIpc) is 2.93. The SMILES string of the molecule is COC1(NC(=O)COc2ccccc2)C(=O)N2C(C(=O)OCc3ccc([N+](=O)[O-])cc3)=C(CBr)CS[C@@H]21. The third-order valence-corrected chi connectivity index (χ3v) is 7.79. The summed E-state index contributed by atoms with van der Waals surface area (Å²) in [4.78, 5) is 50.6. The Morgan fingerprint density at radius 2 is 1.92 bits per heavy atom. The van der Waals surface area contributed by atoms with Crippen molar-refractivity contribution >= 4 is 51.2 Å². The number of β-lactam (4-membered cyclic amide) rings is 1. The molecule has 0 aliphatic carbocycles. The fourth-order valence-electron chi connectivity index (χ4n) is 3.87. The second-order valence-electron chi connectivity index (χ2n) is 8.01. The molecule has 13 heteroatoms. The first-order chi connectivity index (χ1) is 17.8. The first-order valence-corrected chi connectivity index (χ1v) is 13.2. The molecule has 194 valence electrons. The molecular formula is C24H22BrN3O8S. The number of amides is 2. The van der Waals surface area contributed by atoms with Gasteiger partial charge in [0.1, 0.15) is 23.4 Å². The van der Waals surface area contributed by atoms with Gasteiger partial charge in [0.05, 0.1) is 4.92 Å². The van der Waals surface area contributed by atoms with Gasteiger partial charge in [0.15, 0.2) is 6.61 Å². The van der Waals surface area contributed by atoms with E-state index in [1.165, 1.54) is 48.0 Å². The van der Waals surface area contributed by atoms with Crippen LogP contribution in [0.4, 0.5) is 5.69 Å². The lowest BCUT2D eigenvalue weighted by molar-refractivity contribution is -0.384. The Kier molecular flexibility index (Phi) is 8.15. The lowest BCUT2D eigenvalue weighted by Gasteiger charge is -2.55. The highest BCUT2D eigenvalue weighted by atomic mass is 79.9. The zero-order valence-corrected chi connectivity index (χ0v) is 22.0. The number of hydrogen-bond donors (Lipinski definition) is 1. The molecule has 0 spiro atoms. The predicted octanol–water partition coefficient (Wildman–Crippen LogP) is 2.74. The molecule has 2 atom stereocenters. The lowest BCUT2D eigenvalue weighted by Crippen LogP contribution is -2.81. The second-order valence-corrected chi connectivity index (χ2v) is 9.64. The lowest BCUT2D eigenvalue weighted by atomic mass is 9.98. The number of thioether (sulfide) groups is 1. The molecule has 2 aromatic rings. The summed E-state index contributed by atoms with van der Waals surface area (Å²) in [6.45, 7) is -0.467. The number of fused-ring (bicyclic) bond motifs is 1. The fourth-order valence-corrected chi connectivity index (χ4v) is 6.04. The monoisotopic (exact) mass is 591 g/mol. The summed E-state index contributed by atoms with van der Waals surface area (Å²) < 4.78 is 16.4. The summed E-state index contributed by atoms with van der Waals surface area (Å²) in [6.07, 6.45) is 0. The third-order valence-electron chi connectivity index (χ3n) is 5.74. The molecule has 1 N–H and O–H groups in total. The molecule has 11 nitrogen and oxygen atoms in total. The number of nitro groups is 1. The summed E-state index contributed by atoms with van der Waals surface area (Å²) in [5.74, 6) is -1.00. The Labute approximate surface area is 224 Å². The standard InChI is InChI=1S/C24H22BrN3O8S/c1-34-24(26-19(29)13-35-18-5-3-2-4-6-18)22(31)27-20(16(11-25)14-37-23(24)27)21(30)36-12-15-7-9-17(10-8-15)28(32)33/h2-10,23H,11-14H2,1H3,(H,26,29)/t23-,24?/m1/s1. The minimum absolute atomic E-state index is 0.0787. The van der Waals surface area contributed by atoms with Gasteiger partial charge in [-0.1, -0.05) is 34.1 Å². The van der Waals surface area contributed by atoms with Gasteiger partial charge >= 0.3 is 5.97 Å². The predicted molar refractivity (Wildman–Crippen MR) is 137 cm³/mol. The van der Waals surface area contributed by atoms with Crippen LogP contribution in [0.2, 0.25) is 0 Å². The van der Waals surface area contributed by atoms with Crippen molar-refractivity contribution in [2.45, 2.75) is 17.7 Å². The van der Waals surface area contributed by atoms with Crippen LogP contribution in [0.25, 0.3) is 0 Å². The maximum atomic E-state index is 13.3. The number of para-hydroxylation sites is 1. The molecule has 4 rings (SSSR count). The number of nitro benzene ring substituents is 1. The number of benzene rings is 2. The van der Waals surface area contributed by atoms with Crippen molar-refractivity contribution in [2.75, 3.05) is 24.8 Å². The number of non-ortho nitro benzene ring substituents is 1. The maximum Gasteiger partial charge on any atom is 0.355 e. The van der Waals surface area contributed by atoms with Crippen LogP contribution in [-0.4, -0.2) is 63.5 Å². The number of alkyl halides is 1. The molecule has 37 heavy (non-hydrogen) atoms. The van der Waals surface area contributed by atoms with E-state index in [0.717, 1.165) is 0 Å². The number of nitrogens with one attached hydrogen (secondary N) is 1. The summed E-state index contributed by atoms with van der Waals surface area (Å²) in [5, 5.41) is 13.1. The van der Waals surface area contributed by atoms with Crippen LogP contribution in [0, 0.1) is 10.1 Å². The van der Waals surface area contributed by atoms with Crippen LogP contribution in [-0.2, 0) is 30.5 Å². The van der Waals surface area contributed by atoms with E-state index in [1.54, 1.807) is 24.3 Å². The van der Waals surface area contributed by atoms with Gasteiger partial charge in [-0.05, 0) is 35.4 Å². The fraction of sp³-hybridized carbons (Fsp3) is 0.292. The number of rotatable bonds is 10. The molecule has 2 amide bonds. The van der Waals surface area contributed by atoms with Crippen molar-refractivity contribution in [3.63, 3.8) is 0 Å². The van der Waals surface area contributed by atoms with Crippen molar-refractivity contribution in [1.82, 2.24) is 10.2 Å². The topological polar surface area (TPSA) is 137 Å². The summed E-state index contributed by atoms with van der Waals surface area (Å²) in [6, 6.07) is 14.4.